The van der Waals surface area contributed by atoms with Gasteiger partial charge in [0.1, 0.15) is 11.6 Å². The summed E-state index contributed by atoms with van der Waals surface area (Å²) in [5.74, 6) is 2.82. The first-order valence-corrected chi connectivity index (χ1v) is 10.2. The van der Waals surface area contributed by atoms with Crippen molar-refractivity contribution in [3.63, 3.8) is 0 Å². The number of ether oxygens (including phenoxy) is 1. The molecule has 3 rings (SSSR count). The van der Waals surface area contributed by atoms with E-state index in [0.717, 1.165) is 61.9 Å². The van der Waals surface area contributed by atoms with Crippen molar-refractivity contribution < 1.29 is 4.74 Å². The number of benzene rings is 2. The van der Waals surface area contributed by atoms with Gasteiger partial charge in [-0.3, -0.25) is 4.99 Å². The fourth-order valence-corrected chi connectivity index (χ4v) is 3.47. The maximum atomic E-state index is 5.28. The van der Waals surface area contributed by atoms with E-state index in [1.165, 1.54) is 11.1 Å². The fraction of sp³-hybridized carbons (Fsp3) is 0.391. The number of methoxy groups -OCH3 is 1. The number of imidazole rings is 1. The standard InChI is InChI=1S/C23H31N5O.HI/c1-18-27-21-12-4-5-13-22(21)28(18)16-8-15-26-23(24-2)25-14-7-10-19-9-6-11-20(17-19)29-3;/h4-6,9,11-13,17H,7-8,10,14-16H2,1-3H3,(H2,24,25,26);1H. The van der Waals surface area contributed by atoms with Gasteiger partial charge in [0.2, 0.25) is 0 Å². The number of para-hydroxylation sites is 2. The van der Waals surface area contributed by atoms with E-state index in [1.54, 1.807) is 7.11 Å². The molecule has 7 heteroatoms. The van der Waals surface area contributed by atoms with Gasteiger partial charge in [0.25, 0.3) is 0 Å². The summed E-state index contributed by atoms with van der Waals surface area (Å²) in [6.07, 6.45) is 3.05. The van der Waals surface area contributed by atoms with Crippen LogP contribution in [0, 0.1) is 6.92 Å². The van der Waals surface area contributed by atoms with Crippen molar-refractivity contribution in [1.29, 1.82) is 0 Å². The van der Waals surface area contributed by atoms with E-state index in [4.69, 9.17) is 4.74 Å². The van der Waals surface area contributed by atoms with Crippen LogP contribution in [-0.2, 0) is 13.0 Å². The van der Waals surface area contributed by atoms with Crippen molar-refractivity contribution in [1.82, 2.24) is 20.2 Å². The van der Waals surface area contributed by atoms with Gasteiger partial charge in [0, 0.05) is 26.7 Å². The van der Waals surface area contributed by atoms with Gasteiger partial charge < -0.3 is 19.9 Å². The van der Waals surface area contributed by atoms with Crippen LogP contribution in [0.2, 0.25) is 0 Å². The summed E-state index contributed by atoms with van der Waals surface area (Å²) in [5, 5.41) is 6.79. The molecule has 0 saturated heterocycles. The SMILES string of the molecule is CN=C(NCCCc1cccc(OC)c1)NCCCn1c(C)nc2ccccc21.I. The maximum Gasteiger partial charge on any atom is 0.190 e. The number of aryl methyl sites for hydroxylation is 3. The minimum absolute atomic E-state index is 0. The summed E-state index contributed by atoms with van der Waals surface area (Å²) < 4.78 is 7.56. The summed E-state index contributed by atoms with van der Waals surface area (Å²) in [4.78, 5) is 8.94. The Kier molecular flexibility index (Phi) is 9.93. The second-order valence-corrected chi connectivity index (χ2v) is 7.03. The molecule has 1 aromatic heterocycles. The van der Waals surface area contributed by atoms with Crippen LogP contribution in [0.15, 0.2) is 53.5 Å². The van der Waals surface area contributed by atoms with Gasteiger partial charge in [0.15, 0.2) is 5.96 Å². The lowest BCUT2D eigenvalue weighted by atomic mass is 10.1. The Labute approximate surface area is 196 Å². The molecule has 0 saturated carbocycles. The van der Waals surface area contributed by atoms with E-state index < -0.39 is 0 Å². The van der Waals surface area contributed by atoms with Crippen LogP contribution < -0.4 is 15.4 Å². The third-order valence-electron chi connectivity index (χ3n) is 4.99. The van der Waals surface area contributed by atoms with E-state index in [2.05, 4.69) is 62.4 Å². The second-order valence-electron chi connectivity index (χ2n) is 7.03. The molecule has 0 spiro atoms. The molecule has 3 aromatic rings. The third-order valence-corrected chi connectivity index (χ3v) is 4.99. The summed E-state index contributed by atoms with van der Waals surface area (Å²) in [6, 6.07) is 16.5. The van der Waals surface area contributed by atoms with Crippen molar-refractivity contribution in [2.75, 3.05) is 27.2 Å². The zero-order chi connectivity index (χ0) is 20.5. The second kappa shape index (κ2) is 12.4. The molecule has 2 aromatic carbocycles. The summed E-state index contributed by atoms with van der Waals surface area (Å²) >= 11 is 0. The number of hydrogen-bond donors (Lipinski definition) is 2. The molecule has 0 atom stereocenters. The predicted octanol–water partition coefficient (Wildman–Crippen LogP) is 4.16. The van der Waals surface area contributed by atoms with Gasteiger partial charge in [-0.25, -0.2) is 4.98 Å². The molecule has 0 radical (unpaired) electrons. The van der Waals surface area contributed by atoms with Crippen molar-refractivity contribution in [2.24, 2.45) is 4.99 Å². The van der Waals surface area contributed by atoms with Gasteiger partial charge in [-0.15, -0.1) is 24.0 Å². The molecule has 1 heterocycles. The van der Waals surface area contributed by atoms with Crippen LogP contribution in [0.4, 0.5) is 0 Å². The Bertz CT molecular complexity index is 954. The van der Waals surface area contributed by atoms with E-state index in [-0.39, 0.29) is 24.0 Å². The van der Waals surface area contributed by atoms with Crippen LogP contribution in [-0.4, -0.2) is 42.8 Å². The van der Waals surface area contributed by atoms with Gasteiger partial charge in [-0.1, -0.05) is 24.3 Å². The molecule has 0 amide bonds. The zero-order valence-electron chi connectivity index (χ0n) is 18.0. The van der Waals surface area contributed by atoms with Gasteiger partial charge in [-0.05, 0) is 56.0 Å². The number of rotatable bonds is 9. The molecular weight excluding hydrogens is 489 g/mol. The summed E-state index contributed by atoms with van der Waals surface area (Å²) in [6.45, 7) is 4.74. The largest absolute Gasteiger partial charge is 0.497 e. The molecule has 0 aliphatic carbocycles. The Morgan fingerprint density at radius 2 is 1.83 bits per heavy atom. The first kappa shape index (κ1) is 24.0. The molecule has 0 fully saturated rings. The zero-order valence-corrected chi connectivity index (χ0v) is 20.3. The number of nitrogens with zero attached hydrogens (tertiary/aromatic N) is 3. The summed E-state index contributed by atoms with van der Waals surface area (Å²) in [5.41, 5.74) is 3.55. The molecule has 30 heavy (non-hydrogen) atoms. The smallest absolute Gasteiger partial charge is 0.190 e. The van der Waals surface area contributed by atoms with Gasteiger partial charge in [0.05, 0.1) is 18.1 Å². The highest BCUT2D eigenvalue weighted by Crippen LogP contribution is 2.15. The van der Waals surface area contributed by atoms with E-state index >= 15 is 0 Å². The predicted molar refractivity (Wildman–Crippen MR) is 135 cm³/mol. The van der Waals surface area contributed by atoms with E-state index in [0.29, 0.717) is 0 Å². The van der Waals surface area contributed by atoms with Gasteiger partial charge in [-0.2, -0.15) is 0 Å². The summed E-state index contributed by atoms with van der Waals surface area (Å²) in [7, 11) is 3.51. The highest BCUT2D eigenvalue weighted by molar-refractivity contribution is 14.0. The molecule has 0 aliphatic heterocycles. The molecule has 6 nitrogen and oxygen atoms in total. The number of hydrogen-bond acceptors (Lipinski definition) is 3. The lowest BCUT2D eigenvalue weighted by Gasteiger charge is -2.13. The van der Waals surface area contributed by atoms with Crippen molar-refractivity contribution in [3.05, 3.63) is 59.9 Å². The lowest BCUT2D eigenvalue weighted by Crippen LogP contribution is -2.38. The van der Waals surface area contributed by atoms with Gasteiger partial charge >= 0.3 is 0 Å². The maximum absolute atomic E-state index is 5.28. The van der Waals surface area contributed by atoms with Crippen LogP contribution in [0.25, 0.3) is 11.0 Å². The molecule has 2 N–H and O–H groups in total. The number of guanidine groups is 1. The Balaban J connectivity index is 0.00000320. The molecule has 0 bridgehead atoms. The van der Waals surface area contributed by atoms with Crippen LogP contribution in [0.5, 0.6) is 5.75 Å². The first-order valence-electron chi connectivity index (χ1n) is 10.2. The normalized spacial score (nSPS) is 11.2. The van der Waals surface area contributed by atoms with Crippen molar-refractivity contribution >= 4 is 41.0 Å². The Morgan fingerprint density at radius 1 is 1.07 bits per heavy atom. The van der Waals surface area contributed by atoms with Crippen LogP contribution >= 0.6 is 24.0 Å². The topological polar surface area (TPSA) is 63.5 Å². The average molecular weight is 521 g/mol. The quantitative estimate of drug-likeness (QED) is 0.192. The number of halogens is 1. The number of nitrogens with one attached hydrogen (secondary N) is 2. The molecule has 0 aliphatic rings. The Hall–Kier alpha value is -2.29. The highest BCUT2D eigenvalue weighted by atomic mass is 127. The number of aromatic nitrogens is 2. The monoisotopic (exact) mass is 521 g/mol. The minimum atomic E-state index is 0. The molecule has 162 valence electrons. The lowest BCUT2D eigenvalue weighted by molar-refractivity contribution is 0.414. The van der Waals surface area contributed by atoms with E-state index in [9.17, 15) is 0 Å². The minimum Gasteiger partial charge on any atom is -0.497 e. The number of aliphatic imine (C=N–C) groups is 1. The first-order chi connectivity index (χ1) is 14.2. The Morgan fingerprint density at radius 3 is 2.60 bits per heavy atom. The number of fused-ring (bicyclic) bond motifs is 1. The van der Waals surface area contributed by atoms with Crippen molar-refractivity contribution in [2.45, 2.75) is 32.7 Å². The van der Waals surface area contributed by atoms with Crippen LogP contribution in [0.1, 0.15) is 24.2 Å². The van der Waals surface area contributed by atoms with E-state index in [1.807, 2.05) is 25.2 Å². The molecular formula is C23H32IN5O. The average Bonchev–Trinajstić information content (AvgIpc) is 3.07. The molecule has 0 unspecified atom stereocenters. The van der Waals surface area contributed by atoms with Crippen LogP contribution in [0.3, 0.4) is 0 Å². The third kappa shape index (κ3) is 6.62. The fourth-order valence-electron chi connectivity index (χ4n) is 3.47. The highest BCUT2D eigenvalue weighted by Gasteiger charge is 2.06. The van der Waals surface area contributed by atoms with Crippen molar-refractivity contribution in [3.8, 4) is 5.75 Å².